The molecule has 0 radical (unpaired) electrons. The molecule has 7 rings (SSSR count). The average Bonchev–Trinajstić information content (AvgIpc) is 3.26. The zero-order chi connectivity index (χ0) is 47.2. The summed E-state index contributed by atoms with van der Waals surface area (Å²) in [6.07, 6.45) is -12.7. The summed E-state index contributed by atoms with van der Waals surface area (Å²) >= 11 is 0. The maximum absolute atomic E-state index is 15.7. The summed E-state index contributed by atoms with van der Waals surface area (Å²) in [5.41, 5.74) is -7.45. The zero-order valence-corrected chi connectivity index (χ0v) is 37.0. The van der Waals surface area contributed by atoms with Gasteiger partial charge in [0.15, 0.2) is 23.6 Å². The van der Waals surface area contributed by atoms with Gasteiger partial charge in [-0.05, 0) is 61.7 Å². The molecule has 0 aromatic heterocycles. The normalized spacial score (nSPS) is 31.4. The maximum atomic E-state index is 15.7. The molecule has 4 aliphatic rings. The van der Waals surface area contributed by atoms with Gasteiger partial charge in [0.05, 0.1) is 48.2 Å². The van der Waals surface area contributed by atoms with Crippen LogP contribution in [0.3, 0.4) is 0 Å². The third kappa shape index (κ3) is 8.26. The third-order valence-electron chi connectivity index (χ3n) is 13.9. The van der Waals surface area contributed by atoms with E-state index in [1.165, 1.54) is 46.8 Å². The van der Waals surface area contributed by atoms with Crippen LogP contribution < -0.4 is 5.32 Å². The lowest BCUT2D eigenvalue weighted by Crippen LogP contribution is -2.82. The number of hydrogen-bond acceptors (Lipinski definition) is 15. The van der Waals surface area contributed by atoms with Crippen LogP contribution in [-0.4, -0.2) is 117 Å². The van der Waals surface area contributed by atoms with Gasteiger partial charge in [-0.25, -0.2) is 9.59 Å². The summed E-state index contributed by atoms with van der Waals surface area (Å²) in [6.45, 7) is 8.07. The molecule has 346 valence electrons. The van der Waals surface area contributed by atoms with Crippen molar-refractivity contribution in [1.82, 2.24) is 5.32 Å². The Morgan fingerprint density at radius 2 is 1.45 bits per heavy atom. The number of esters is 4. The Labute approximate surface area is 375 Å². The molecular weight excluding hydrogens is 843 g/mol. The van der Waals surface area contributed by atoms with E-state index in [2.05, 4.69) is 5.32 Å². The summed E-state index contributed by atoms with van der Waals surface area (Å²) in [6, 6.07) is 22.8. The molecule has 3 aliphatic carbocycles. The number of aliphatic hydroxyl groups is 4. The van der Waals surface area contributed by atoms with E-state index in [1.807, 2.05) is 0 Å². The highest BCUT2D eigenvalue weighted by atomic mass is 16.6. The number of Topliss-reactive ketones (excluding diaryl/α,β-unsaturated/α-hetero) is 1. The summed E-state index contributed by atoms with van der Waals surface area (Å²) in [5, 5.41) is 50.7. The van der Waals surface area contributed by atoms with Gasteiger partial charge < -0.3 is 49.4 Å². The minimum Gasteiger partial charge on any atom is -0.456 e. The lowest BCUT2D eigenvalue weighted by atomic mass is 9.44. The first-order valence-corrected chi connectivity index (χ1v) is 21.6. The number of fused-ring (bicyclic) bond motifs is 5. The van der Waals surface area contributed by atoms with Crippen molar-refractivity contribution in [2.45, 2.75) is 121 Å². The van der Waals surface area contributed by atoms with Gasteiger partial charge in [0.25, 0.3) is 5.91 Å². The Balaban J connectivity index is 1.40. The van der Waals surface area contributed by atoms with Gasteiger partial charge in [0.1, 0.15) is 23.9 Å². The molecule has 2 bridgehead atoms. The molecule has 5 N–H and O–H groups in total. The molecule has 0 spiro atoms. The molecule has 16 heteroatoms. The topological polar surface area (TPSA) is 242 Å². The van der Waals surface area contributed by atoms with Crippen LogP contribution in [0.2, 0.25) is 0 Å². The van der Waals surface area contributed by atoms with E-state index in [9.17, 15) is 44.4 Å². The van der Waals surface area contributed by atoms with Crippen LogP contribution in [-0.2, 0) is 42.9 Å². The zero-order valence-electron chi connectivity index (χ0n) is 37.0. The van der Waals surface area contributed by atoms with E-state index in [4.69, 9.17) is 23.7 Å². The number of carbonyl (C=O) groups excluding carboxylic acids is 6. The predicted molar refractivity (Wildman–Crippen MR) is 228 cm³/mol. The van der Waals surface area contributed by atoms with Gasteiger partial charge in [0, 0.05) is 30.7 Å². The van der Waals surface area contributed by atoms with E-state index in [0.717, 1.165) is 6.92 Å². The molecule has 12 atom stereocenters. The molecular formula is C49H55NO15. The lowest BCUT2D eigenvalue weighted by Gasteiger charge is -2.67. The van der Waals surface area contributed by atoms with Gasteiger partial charge in [-0.3, -0.25) is 19.2 Å². The van der Waals surface area contributed by atoms with Crippen LogP contribution in [0.25, 0.3) is 0 Å². The SMILES string of the molecule is CC(=O)O[C@@]12CO[C@@H]1C[C@H](O)[C@@]1(C)C(=O)[C@H](OC(=O)C[C@H](C)O)C3=C(C)[C@@H](OC(=O)[C@H](O)[C@@H](NC(=O)c4ccccc4)c4ccccc4)C[C@@](O)([C@@H](OC(=O)c4ccccc4)[C@H]21)C3(C)C. The highest BCUT2D eigenvalue weighted by molar-refractivity contribution is 5.96. The molecule has 3 aromatic rings. The Bertz CT molecular complexity index is 2350. The quantitative estimate of drug-likeness (QED) is 0.0994. The fraction of sp³-hybridized carbons (Fsp3) is 0.469. The van der Waals surface area contributed by atoms with Crippen LogP contribution in [0.15, 0.2) is 102 Å². The summed E-state index contributed by atoms with van der Waals surface area (Å²) < 4.78 is 30.5. The maximum Gasteiger partial charge on any atom is 0.338 e. The summed E-state index contributed by atoms with van der Waals surface area (Å²) in [7, 11) is 0. The number of ketones is 1. The smallest absolute Gasteiger partial charge is 0.338 e. The number of nitrogens with one attached hydrogen (secondary N) is 1. The van der Waals surface area contributed by atoms with Crippen molar-refractivity contribution in [2.75, 3.05) is 6.61 Å². The van der Waals surface area contributed by atoms with Crippen molar-refractivity contribution in [1.29, 1.82) is 0 Å². The molecule has 1 aliphatic heterocycles. The van der Waals surface area contributed by atoms with Gasteiger partial charge >= 0.3 is 23.9 Å². The van der Waals surface area contributed by atoms with Gasteiger partial charge in [0.2, 0.25) is 0 Å². The third-order valence-corrected chi connectivity index (χ3v) is 13.9. The van der Waals surface area contributed by atoms with Crippen molar-refractivity contribution in [3.05, 3.63) is 119 Å². The minimum absolute atomic E-state index is 0.0478. The second-order valence-electron chi connectivity index (χ2n) is 18.3. The van der Waals surface area contributed by atoms with Gasteiger partial charge in [-0.1, -0.05) is 80.6 Å². The van der Waals surface area contributed by atoms with Crippen LogP contribution in [0, 0.1) is 16.7 Å². The monoisotopic (exact) mass is 897 g/mol. The molecule has 65 heavy (non-hydrogen) atoms. The second kappa shape index (κ2) is 17.9. The second-order valence-corrected chi connectivity index (χ2v) is 18.3. The van der Waals surface area contributed by atoms with E-state index in [1.54, 1.807) is 78.9 Å². The molecule has 1 saturated heterocycles. The Morgan fingerprint density at radius 1 is 0.862 bits per heavy atom. The molecule has 3 fully saturated rings. The van der Waals surface area contributed by atoms with Gasteiger partial charge in [-0.15, -0.1) is 0 Å². The Kier molecular flexibility index (Phi) is 13.0. The number of ether oxygens (including phenoxy) is 5. The number of aliphatic hydroxyl groups excluding tert-OH is 3. The average molecular weight is 898 g/mol. The van der Waals surface area contributed by atoms with E-state index >= 15 is 4.79 Å². The van der Waals surface area contributed by atoms with Crippen LogP contribution in [0.5, 0.6) is 0 Å². The lowest BCUT2D eigenvalue weighted by molar-refractivity contribution is -0.346. The number of hydrogen-bond donors (Lipinski definition) is 5. The summed E-state index contributed by atoms with van der Waals surface area (Å²) in [4.78, 5) is 84.6. The minimum atomic E-state index is -2.45. The van der Waals surface area contributed by atoms with Crippen LogP contribution in [0.4, 0.5) is 0 Å². The number of rotatable bonds is 12. The number of carbonyl (C=O) groups is 6. The highest BCUT2D eigenvalue weighted by Crippen LogP contribution is 2.64. The Morgan fingerprint density at radius 3 is 2.00 bits per heavy atom. The van der Waals surface area contributed by atoms with E-state index < -0.39 is 125 Å². The standard InChI is InChI=1S/C49H55NO15/c1-26(51)22-35(54)63-39-36-27(2)32(62-45(59)38(55)37(29-16-10-7-11-17-29)50-43(57)30-18-12-8-13-19-30)24-49(60,46(36,4)5)42(64-44(58)31-20-14-9-15-21-31)40-47(6,41(39)56)33(53)23-34-48(40,25-61-34)65-28(3)52/h7-21,26,32-34,37-40,42,51,53,55,60H,22-25H2,1-6H3,(H,50,57)/t26-,32-,33-,34+,37-,38+,39+,40-,42-,47+,48-,49+/m0/s1. The summed E-state index contributed by atoms with van der Waals surface area (Å²) in [5.74, 6) is -7.19. The van der Waals surface area contributed by atoms with E-state index in [-0.39, 0.29) is 35.3 Å². The van der Waals surface area contributed by atoms with Crippen molar-refractivity contribution in [3.8, 4) is 0 Å². The van der Waals surface area contributed by atoms with Crippen molar-refractivity contribution < 1.29 is 72.9 Å². The molecule has 1 heterocycles. The highest BCUT2D eigenvalue weighted by Gasteiger charge is 2.78. The van der Waals surface area contributed by atoms with Crippen molar-refractivity contribution in [2.24, 2.45) is 16.7 Å². The molecule has 3 aromatic carbocycles. The fourth-order valence-corrected chi connectivity index (χ4v) is 10.4. The molecule has 0 unspecified atom stereocenters. The first-order chi connectivity index (χ1) is 30.7. The van der Waals surface area contributed by atoms with E-state index in [0.29, 0.717) is 5.56 Å². The first kappa shape index (κ1) is 47.2. The van der Waals surface area contributed by atoms with Crippen molar-refractivity contribution in [3.63, 3.8) is 0 Å². The molecule has 2 saturated carbocycles. The Hall–Kier alpha value is -5.78. The fourth-order valence-electron chi connectivity index (χ4n) is 10.4. The van der Waals surface area contributed by atoms with Gasteiger partial charge in [-0.2, -0.15) is 0 Å². The number of amides is 1. The number of benzene rings is 3. The predicted octanol–water partition coefficient (Wildman–Crippen LogP) is 3.49. The van der Waals surface area contributed by atoms with Crippen LogP contribution in [0.1, 0.15) is 93.1 Å². The first-order valence-electron chi connectivity index (χ1n) is 21.6. The molecule has 16 nitrogen and oxygen atoms in total. The molecule has 1 amide bonds. The van der Waals surface area contributed by atoms with Crippen LogP contribution >= 0.6 is 0 Å². The largest absolute Gasteiger partial charge is 0.456 e. The van der Waals surface area contributed by atoms with Crippen molar-refractivity contribution >= 4 is 35.6 Å².